The number of carbonyl (C=O) groups is 1. The van der Waals surface area contributed by atoms with Gasteiger partial charge in [0.15, 0.2) is 6.04 Å². The van der Waals surface area contributed by atoms with Crippen LogP contribution < -0.4 is 5.32 Å². The van der Waals surface area contributed by atoms with Crippen LogP contribution in [-0.2, 0) is 9.53 Å². The number of esters is 1. The molecule has 2 aromatic rings. The van der Waals surface area contributed by atoms with Crippen molar-refractivity contribution >= 4 is 11.7 Å². The summed E-state index contributed by atoms with van der Waals surface area (Å²) in [5.74, 6) is -0.930. The average molecular weight is 277 g/mol. The van der Waals surface area contributed by atoms with Crippen LogP contribution in [0, 0.1) is 19.7 Å². The van der Waals surface area contributed by atoms with Crippen molar-refractivity contribution in [2.75, 3.05) is 12.4 Å². The minimum Gasteiger partial charge on any atom is -0.467 e. The Morgan fingerprint density at radius 3 is 2.65 bits per heavy atom. The molecule has 106 valence electrons. The van der Waals surface area contributed by atoms with Gasteiger partial charge in [-0.15, -0.1) is 0 Å². The second-order valence-electron chi connectivity index (χ2n) is 4.43. The third-order valence-electron chi connectivity index (χ3n) is 3.08. The summed E-state index contributed by atoms with van der Waals surface area (Å²) in [5.41, 5.74) is 2.31. The predicted octanol–water partition coefficient (Wildman–Crippen LogP) is 2.49. The molecule has 0 spiro atoms. The molecule has 0 radical (unpaired) electrons. The Balaban J connectivity index is 2.40. The molecule has 5 nitrogen and oxygen atoms in total. The number of halogens is 1. The van der Waals surface area contributed by atoms with Crippen molar-refractivity contribution in [1.82, 2.24) is 10.2 Å². The highest BCUT2D eigenvalue weighted by Crippen LogP contribution is 2.26. The fraction of sp³-hybridized carbons (Fsp3) is 0.286. The summed E-state index contributed by atoms with van der Waals surface area (Å²) in [7, 11) is 1.29. The van der Waals surface area contributed by atoms with Crippen molar-refractivity contribution in [2.24, 2.45) is 0 Å². The quantitative estimate of drug-likeness (QED) is 0.843. The molecule has 6 heteroatoms. The first-order valence-electron chi connectivity index (χ1n) is 6.15. The second kappa shape index (κ2) is 5.73. The zero-order valence-corrected chi connectivity index (χ0v) is 11.5. The summed E-state index contributed by atoms with van der Waals surface area (Å²) in [6.45, 7) is 3.58. The number of anilines is 1. The van der Waals surface area contributed by atoms with Crippen LogP contribution in [0.4, 0.5) is 10.1 Å². The van der Waals surface area contributed by atoms with Gasteiger partial charge in [-0.25, -0.2) is 9.18 Å². The van der Waals surface area contributed by atoms with Crippen LogP contribution in [-0.4, -0.2) is 23.3 Å². The molecule has 0 aliphatic rings. The Labute approximate surface area is 116 Å². The fourth-order valence-electron chi connectivity index (χ4n) is 2.09. The van der Waals surface area contributed by atoms with E-state index in [1.54, 1.807) is 32.0 Å². The fourth-order valence-corrected chi connectivity index (χ4v) is 2.09. The van der Waals surface area contributed by atoms with Gasteiger partial charge in [-0.1, -0.05) is 12.1 Å². The van der Waals surface area contributed by atoms with Crippen LogP contribution >= 0.6 is 0 Å². The Bertz CT molecular complexity index is 605. The molecule has 0 amide bonds. The zero-order valence-electron chi connectivity index (χ0n) is 11.5. The second-order valence-corrected chi connectivity index (χ2v) is 4.43. The van der Waals surface area contributed by atoms with E-state index in [0.29, 0.717) is 11.3 Å². The van der Waals surface area contributed by atoms with Crippen LogP contribution in [0.1, 0.15) is 23.0 Å². The van der Waals surface area contributed by atoms with E-state index in [2.05, 4.69) is 15.5 Å². The van der Waals surface area contributed by atoms with Crippen LogP contribution in [0.25, 0.3) is 0 Å². The van der Waals surface area contributed by atoms with Crippen LogP contribution in [0.15, 0.2) is 24.3 Å². The maximum atomic E-state index is 13.7. The lowest BCUT2D eigenvalue weighted by atomic mass is 10.0. The van der Waals surface area contributed by atoms with Crippen molar-refractivity contribution < 1.29 is 13.9 Å². The van der Waals surface area contributed by atoms with E-state index in [-0.39, 0.29) is 5.69 Å². The summed E-state index contributed by atoms with van der Waals surface area (Å²) in [4.78, 5) is 12.0. The highest BCUT2D eigenvalue weighted by atomic mass is 19.1. The SMILES string of the molecule is COC(=O)C(Nc1ccccc1F)c1c(C)n[nH]c1C. The number of hydrogen-bond donors (Lipinski definition) is 2. The molecule has 1 aromatic heterocycles. The van der Waals surface area contributed by atoms with Crippen molar-refractivity contribution in [3.63, 3.8) is 0 Å². The minimum absolute atomic E-state index is 0.239. The normalized spacial score (nSPS) is 12.0. The number of benzene rings is 1. The van der Waals surface area contributed by atoms with Gasteiger partial charge < -0.3 is 10.1 Å². The number of nitrogens with zero attached hydrogens (tertiary/aromatic N) is 1. The van der Waals surface area contributed by atoms with Crippen LogP contribution in [0.2, 0.25) is 0 Å². The van der Waals surface area contributed by atoms with E-state index in [9.17, 15) is 9.18 Å². The smallest absolute Gasteiger partial charge is 0.333 e. The number of aromatic amines is 1. The van der Waals surface area contributed by atoms with Crippen LogP contribution in [0.5, 0.6) is 0 Å². The molecule has 20 heavy (non-hydrogen) atoms. The standard InChI is InChI=1S/C14H16FN3O2/c1-8-12(9(2)18-17-8)13(14(19)20-3)16-11-7-5-4-6-10(11)15/h4-7,13,16H,1-3H3,(H,17,18). The topological polar surface area (TPSA) is 67.0 Å². The number of para-hydroxylation sites is 1. The summed E-state index contributed by atoms with van der Waals surface area (Å²) >= 11 is 0. The largest absolute Gasteiger partial charge is 0.467 e. The number of carbonyl (C=O) groups excluding carboxylic acids is 1. The molecule has 0 aliphatic carbocycles. The molecule has 1 aromatic carbocycles. The Hall–Kier alpha value is -2.37. The Kier molecular flexibility index (Phi) is 4.02. The monoisotopic (exact) mass is 277 g/mol. The van der Waals surface area contributed by atoms with Gasteiger partial charge in [-0.05, 0) is 26.0 Å². The molecule has 1 atom stereocenters. The summed E-state index contributed by atoms with van der Waals surface area (Å²) < 4.78 is 18.5. The molecule has 0 bridgehead atoms. The summed E-state index contributed by atoms with van der Waals surface area (Å²) in [5, 5.41) is 9.73. The van der Waals surface area contributed by atoms with Gasteiger partial charge in [0, 0.05) is 11.3 Å². The lowest BCUT2D eigenvalue weighted by Gasteiger charge is -2.18. The van der Waals surface area contributed by atoms with Crippen LogP contribution in [0.3, 0.4) is 0 Å². The van der Waals surface area contributed by atoms with E-state index >= 15 is 0 Å². The molecule has 1 unspecified atom stereocenters. The summed E-state index contributed by atoms with van der Waals surface area (Å²) in [6, 6.07) is 5.36. The number of hydrogen-bond acceptors (Lipinski definition) is 4. The summed E-state index contributed by atoms with van der Waals surface area (Å²) in [6.07, 6.45) is 0. The first-order valence-corrected chi connectivity index (χ1v) is 6.15. The molecule has 0 saturated carbocycles. The zero-order chi connectivity index (χ0) is 14.7. The van der Waals surface area contributed by atoms with E-state index in [0.717, 1.165) is 5.69 Å². The van der Waals surface area contributed by atoms with Gasteiger partial charge in [0.05, 0.1) is 18.5 Å². The number of nitrogens with one attached hydrogen (secondary N) is 2. The lowest BCUT2D eigenvalue weighted by Crippen LogP contribution is -2.24. The molecule has 2 rings (SSSR count). The molecule has 0 aliphatic heterocycles. The molecular weight excluding hydrogens is 261 g/mol. The van der Waals surface area contributed by atoms with Gasteiger partial charge in [-0.3, -0.25) is 5.10 Å². The maximum Gasteiger partial charge on any atom is 0.333 e. The first kappa shape index (κ1) is 14.0. The number of rotatable bonds is 4. The van der Waals surface area contributed by atoms with E-state index in [1.165, 1.54) is 13.2 Å². The number of aromatic nitrogens is 2. The van der Waals surface area contributed by atoms with E-state index in [4.69, 9.17) is 4.74 Å². The van der Waals surface area contributed by atoms with Gasteiger partial charge in [0.25, 0.3) is 0 Å². The molecule has 1 heterocycles. The molecule has 0 fully saturated rings. The number of H-pyrrole nitrogens is 1. The first-order chi connectivity index (χ1) is 9.54. The number of ether oxygens (including phenoxy) is 1. The lowest BCUT2D eigenvalue weighted by molar-refractivity contribution is -0.141. The molecule has 2 N–H and O–H groups in total. The predicted molar refractivity (Wildman–Crippen MR) is 72.8 cm³/mol. The Morgan fingerprint density at radius 1 is 1.40 bits per heavy atom. The highest BCUT2D eigenvalue weighted by Gasteiger charge is 2.27. The van der Waals surface area contributed by atoms with Gasteiger partial charge in [0.1, 0.15) is 5.82 Å². The minimum atomic E-state index is -0.810. The van der Waals surface area contributed by atoms with Crippen molar-refractivity contribution in [3.05, 3.63) is 47.0 Å². The molecule has 0 saturated heterocycles. The third kappa shape index (κ3) is 2.64. The Morgan fingerprint density at radius 2 is 2.10 bits per heavy atom. The maximum absolute atomic E-state index is 13.7. The van der Waals surface area contributed by atoms with E-state index < -0.39 is 17.8 Å². The highest BCUT2D eigenvalue weighted by molar-refractivity contribution is 5.81. The molecular formula is C14H16FN3O2. The average Bonchev–Trinajstić information content (AvgIpc) is 2.77. The van der Waals surface area contributed by atoms with Crippen molar-refractivity contribution in [1.29, 1.82) is 0 Å². The number of aryl methyl sites for hydroxylation is 2. The third-order valence-corrected chi connectivity index (χ3v) is 3.08. The van der Waals surface area contributed by atoms with Gasteiger partial charge in [0.2, 0.25) is 0 Å². The van der Waals surface area contributed by atoms with Gasteiger partial charge >= 0.3 is 5.97 Å². The van der Waals surface area contributed by atoms with Crippen molar-refractivity contribution in [3.8, 4) is 0 Å². The van der Waals surface area contributed by atoms with Crippen molar-refractivity contribution in [2.45, 2.75) is 19.9 Å². The van der Waals surface area contributed by atoms with E-state index in [1.807, 2.05) is 0 Å². The van der Waals surface area contributed by atoms with Gasteiger partial charge in [-0.2, -0.15) is 5.10 Å². The number of methoxy groups -OCH3 is 1.